The van der Waals surface area contributed by atoms with Crippen LogP contribution in [0.4, 0.5) is 8.78 Å². The molecule has 82 valence electrons. The third kappa shape index (κ3) is 2.64. The Hall–Kier alpha value is -0.220. The summed E-state index contributed by atoms with van der Waals surface area (Å²) in [7, 11) is 0. The number of halogens is 2. The van der Waals surface area contributed by atoms with Crippen molar-refractivity contribution >= 4 is 0 Å². The standard InChI is InChI=1S/C10H17F2NO/c11-10(12)4-1-2-8(6-10)13-9-3-5-14-7-9/h8-9,13H,1-7H2/t8-,9+/m1/s1. The van der Waals surface area contributed by atoms with Gasteiger partial charge in [-0.15, -0.1) is 0 Å². The smallest absolute Gasteiger partial charge is 0.249 e. The molecule has 1 saturated carbocycles. The first-order valence-electron chi connectivity index (χ1n) is 5.37. The third-order valence-corrected chi connectivity index (χ3v) is 3.04. The minimum Gasteiger partial charge on any atom is -0.380 e. The predicted octanol–water partition coefficient (Wildman–Crippen LogP) is 1.94. The first-order chi connectivity index (χ1) is 6.66. The zero-order valence-electron chi connectivity index (χ0n) is 8.27. The summed E-state index contributed by atoms with van der Waals surface area (Å²) in [5.74, 6) is -2.45. The Kier molecular flexibility index (Phi) is 3.02. The van der Waals surface area contributed by atoms with E-state index in [0.717, 1.165) is 19.4 Å². The van der Waals surface area contributed by atoms with E-state index in [4.69, 9.17) is 4.74 Å². The van der Waals surface area contributed by atoms with Crippen LogP contribution in [0.2, 0.25) is 0 Å². The molecule has 0 bridgehead atoms. The lowest BCUT2D eigenvalue weighted by Crippen LogP contribution is -2.44. The Morgan fingerprint density at radius 3 is 2.71 bits per heavy atom. The Balaban J connectivity index is 1.79. The van der Waals surface area contributed by atoms with Gasteiger partial charge >= 0.3 is 0 Å². The maximum Gasteiger partial charge on any atom is 0.249 e. The van der Waals surface area contributed by atoms with Crippen LogP contribution < -0.4 is 5.32 Å². The normalized spacial score (nSPS) is 37.3. The molecule has 2 aliphatic rings. The number of hydrogen-bond acceptors (Lipinski definition) is 2. The summed E-state index contributed by atoms with van der Waals surface area (Å²) in [6.45, 7) is 1.45. The second-order valence-corrected chi connectivity index (χ2v) is 4.38. The second kappa shape index (κ2) is 4.11. The second-order valence-electron chi connectivity index (χ2n) is 4.38. The van der Waals surface area contributed by atoms with Gasteiger partial charge in [-0.25, -0.2) is 8.78 Å². The number of ether oxygens (including phenoxy) is 1. The quantitative estimate of drug-likeness (QED) is 0.744. The average Bonchev–Trinajstić information content (AvgIpc) is 2.54. The molecule has 0 amide bonds. The number of rotatable bonds is 2. The van der Waals surface area contributed by atoms with Crippen LogP contribution in [0.15, 0.2) is 0 Å². The van der Waals surface area contributed by atoms with Crippen LogP contribution in [0.3, 0.4) is 0 Å². The van der Waals surface area contributed by atoms with Crippen molar-refractivity contribution in [1.82, 2.24) is 5.32 Å². The molecule has 1 aliphatic heterocycles. The molecule has 0 radical (unpaired) electrons. The Bertz CT molecular complexity index is 193. The molecule has 2 fully saturated rings. The van der Waals surface area contributed by atoms with Gasteiger partial charge in [-0.3, -0.25) is 0 Å². The van der Waals surface area contributed by atoms with Crippen molar-refractivity contribution in [2.75, 3.05) is 13.2 Å². The molecule has 0 spiro atoms. The largest absolute Gasteiger partial charge is 0.380 e. The SMILES string of the molecule is FC1(F)CCC[C@@H](N[C@H]2CCOC2)C1. The fourth-order valence-corrected chi connectivity index (χ4v) is 2.31. The average molecular weight is 205 g/mol. The van der Waals surface area contributed by atoms with Gasteiger partial charge in [-0.2, -0.15) is 0 Å². The summed E-state index contributed by atoms with van der Waals surface area (Å²) in [5.41, 5.74) is 0. The van der Waals surface area contributed by atoms with Crippen molar-refractivity contribution in [3.63, 3.8) is 0 Å². The van der Waals surface area contributed by atoms with Crippen LogP contribution in [-0.4, -0.2) is 31.2 Å². The molecular formula is C10H17F2NO. The van der Waals surface area contributed by atoms with E-state index in [1.165, 1.54) is 0 Å². The van der Waals surface area contributed by atoms with Gasteiger partial charge in [-0.1, -0.05) is 0 Å². The molecule has 2 atom stereocenters. The van der Waals surface area contributed by atoms with Gasteiger partial charge in [0, 0.05) is 31.5 Å². The molecule has 4 heteroatoms. The highest BCUT2D eigenvalue weighted by Gasteiger charge is 2.37. The van der Waals surface area contributed by atoms with E-state index in [1.807, 2.05) is 0 Å². The highest BCUT2D eigenvalue weighted by atomic mass is 19.3. The maximum atomic E-state index is 13.1. The molecule has 0 aromatic heterocycles. The van der Waals surface area contributed by atoms with Gasteiger partial charge in [0.05, 0.1) is 6.61 Å². The minimum atomic E-state index is -2.45. The Morgan fingerprint density at radius 1 is 1.21 bits per heavy atom. The van der Waals surface area contributed by atoms with Crippen molar-refractivity contribution in [2.24, 2.45) is 0 Å². The van der Waals surface area contributed by atoms with Crippen LogP contribution in [0.5, 0.6) is 0 Å². The van der Waals surface area contributed by atoms with Gasteiger partial charge in [0.15, 0.2) is 0 Å². The molecule has 1 heterocycles. The van der Waals surface area contributed by atoms with E-state index in [-0.39, 0.29) is 18.9 Å². The summed E-state index contributed by atoms with van der Waals surface area (Å²) in [4.78, 5) is 0. The number of hydrogen-bond donors (Lipinski definition) is 1. The number of alkyl halides is 2. The van der Waals surface area contributed by atoms with E-state index in [0.29, 0.717) is 19.1 Å². The summed E-state index contributed by atoms with van der Waals surface area (Å²) < 4.78 is 31.3. The number of nitrogens with one attached hydrogen (secondary N) is 1. The molecule has 2 nitrogen and oxygen atoms in total. The highest BCUT2D eigenvalue weighted by Crippen LogP contribution is 2.33. The lowest BCUT2D eigenvalue weighted by Gasteiger charge is -2.31. The van der Waals surface area contributed by atoms with Crippen molar-refractivity contribution in [3.05, 3.63) is 0 Å². The molecule has 0 aromatic carbocycles. The van der Waals surface area contributed by atoms with E-state index >= 15 is 0 Å². The van der Waals surface area contributed by atoms with Gasteiger partial charge in [0.25, 0.3) is 0 Å². The van der Waals surface area contributed by atoms with Gasteiger partial charge < -0.3 is 10.1 Å². The molecule has 0 unspecified atom stereocenters. The Labute approximate surface area is 83.0 Å². The van der Waals surface area contributed by atoms with E-state index in [1.54, 1.807) is 0 Å². The third-order valence-electron chi connectivity index (χ3n) is 3.04. The first-order valence-corrected chi connectivity index (χ1v) is 5.37. The summed E-state index contributed by atoms with van der Waals surface area (Å²) in [6.07, 6.45) is 2.54. The van der Waals surface area contributed by atoms with Gasteiger partial charge in [-0.05, 0) is 19.3 Å². The summed E-state index contributed by atoms with van der Waals surface area (Å²) in [6, 6.07) is 0.291. The maximum absolute atomic E-state index is 13.1. The molecule has 14 heavy (non-hydrogen) atoms. The van der Waals surface area contributed by atoms with E-state index in [9.17, 15) is 8.78 Å². The van der Waals surface area contributed by atoms with Crippen LogP contribution in [-0.2, 0) is 4.74 Å². The lowest BCUT2D eigenvalue weighted by atomic mass is 9.91. The monoisotopic (exact) mass is 205 g/mol. The topological polar surface area (TPSA) is 21.3 Å². The predicted molar refractivity (Wildman–Crippen MR) is 49.6 cm³/mol. The van der Waals surface area contributed by atoms with Crippen molar-refractivity contribution in [2.45, 2.75) is 50.1 Å². The zero-order valence-corrected chi connectivity index (χ0v) is 8.27. The fourth-order valence-electron chi connectivity index (χ4n) is 2.31. The molecule has 1 N–H and O–H groups in total. The summed E-state index contributed by atoms with van der Waals surface area (Å²) >= 11 is 0. The lowest BCUT2D eigenvalue weighted by molar-refractivity contribution is -0.0453. The zero-order chi connectivity index (χ0) is 10.0. The van der Waals surface area contributed by atoms with Crippen LogP contribution >= 0.6 is 0 Å². The van der Waals surface area contributed by atoms with Crippen LogP contribution in [0.25, 0.3) is 0 Å². The molecule has 0 aromatic rings. The van der Waals surface area contributed by atoms with Gasteiger partial charge in [0.2, 0.25) is 5.92 Å². The minimum absolute atomic E-state index is 0.00347. The molecule has 1 saturated heterocycles. The van der Waals surface area contributed by atoms with Crippen molar-refractivity contribution in [3.8, 4) is 0 Å². The van der Waals surface area contributed by atoms with Gasteiger partial charge in [0.1, 0.15) is 0 Å². The van der Waals surface area contributed by atoms with Crippen molar-refractivity contribution in [1.29, 1.82) is 0 Å². The van der Waals surface area contributed by atoms with Crippen LogP contribution in [0, 0.1) is 0 Å². The Morgan fingerprint density at radius 2 is 2.07 bits per heavy atom. The molecular weight excluding hydrogens is 188 g/mol. The molecule has 1 aliphatic carbocycles. The summed E-state index contributed by atoms with van der Waals surface area (Å²) in [5, 5.41) is 3.27. The van der Waals surface area contributed by atoms with Crippen molar-refractivity contribution < 1.29 is 13.5 Å². The van der Waals surface area contributed by atoms with Crippen LogP contribution in [0.1, 0.15) is 32.1 Å². The van der Waals surface area contributed by atoms with E-state index < -0.39 is 5.92 Å². The van der Waals surface area contributed by atoms with E-state index in [2.05, 4.69) is 5.32 Å². The first kappa shape index (κ1) is 10.3. The highest BCUT2D eigenvalue weighted by molar-refractivity contribution is 4.85. The molecule has 2 rings (SSSR count). The fraction of sp³-hybridized carbons (Fsp3) is 1.00.